The number of allylic oxidation sites excluding steroid dienone is 1. The summed E-state index contributed by atoms with van der Waals surface area (Å²) in [5, 5.41) is 0. The lowest BCUT2D eigenvalue weighted by Crippen LogP contribution is -2.28. The van der Waals surface area contributed by atoms with E-state index < -0.39 is 15.6 Å². The van der Waals surface area contributed by atoms with Gasteiger partial charge in [-0.15, -0.1) is 0 Å². The van der Waals surface area contributed by atoms with Crippen LogP contribution in [0.25, 0.3) is 11.6 Å². The van der Waals surface area contributed by atoms with Crippen molar-refractivity contribution in [3.05, 3.63) is 65.2 Å². The van der Waals surface area contributed by atoms with Gasteiger partial charge in [-0.1, -0.05) is 42.5 Å². The van der Waals surface area contributed by atoms with Gasteiger partial charge in [0.25, 0.3) is 0 Å². The molecule has 1 aliphatic rings. The van der Waals surface area contributed by atoms with Gasteiger partial charge in [0, 0.05) is 0 Å². The van der Waals surface area contributed by atoms with Crippen molar-refractivity contribution in [3.63, 3.8) is 0 Å². The van der Waals surface area contributed by atoms with Gasteiger partial charge in [-0.3, -0.25) is 0 Å². The summed E-state index contributed by atoms with van der Waals surface area (Å²) in [6, 6.07) is 13.8. The van der Waals surface area contributed by atoms with Crippen LogP contribution in [0.5, 0.6) is 5.75 Å². The molecule has 0 amide bonds. The van der Waals surface area contributed by atoms with Gasteiger partial charge in [-0.2, -0.15) is 21.6 Å². The molecule has 0 atom stereocenters. The van der Waals surface area contributed by atoms with Crippen molar-refractivity contribution < 1.29 is 25.8 Å². The summed E-state index contributed by atoms with van der Waals surface area (Å²) in [7, 11) is -5.66. The normalized spacial score (nSPS) is 14.7. The molecule has 0 aliphatic heterocycles. The highest BCUT2D eigenvalue weighted by atomic mass is 32.2. The maximum atomic E-state index is 12.4. The highest BCUT2D eigenvalue weighted by Gasteiger charge is 2.48. The molecule has 0 N–H and O–H groups in total. The molecule has 0 fully saturated rings. The first-order valence-electron chi connectivity index (χ1n) is 7.16. The van der Waals surface area contributed by atoms with E-state index in [4.69, 9.17) is 0 Å². The molecule has 0 unspecified atom stereocenters. The molecule has 0 radical (unpaired) electrons. The third kappa shape index (κ3) is 3.31. The maximum absolute atomic E-state index is 12.4. The van der Waals surface area contributed by atoms with Gasteiger partial charge in [0.2, 0.25) is 0 Å². The zero-order valence-electron chi connectivity index (χ0n) is 12.4. The van der Waals surface area contributed by atoms with E-state index in [1.54, 1.807) is 6.07 Å². The molecule has 0 bridgehead atoms. The summed E-state index contributed by atoms with van der Waals surface area (Å²) in [4.78, 5) is 0. The minimum Gasteiger partial charge on any atom is -0.376 e. The SMILES string of the molecule is O=S(=O)(Oc1ccc2c(c1)C=C(c1ccccc1)CC2)C(F)(F)F. The van der Waals surface area contributed by atoms with E-state index in [0.29, 0.717) is 5.56 Å². The molecule has 24 heavy (non-hydrogen) atoms. The Bertz CT molecular complexity index is 885. The second-order valence-corrected chi connectivity index (χ2v) is 6.92. The summed E-state index contributed by atoms with van der Waals surface area (Å²) >= 11 is 0. The smallest absolute Gasteiger partial charge is 0.376 e. The molecule has 0 aromatic heterocycles. The Morgan fingerprint density at radius 1 is 0.958 bits per heavy atom. The zero-order valence-corrected chi connectivity index (χ0v) is 13.2. The van der Waals surface area contributed by atoms with Gasteiger partial charge in [-0.25, -0.2) is 0 Å². The zero-order chi connectivity index (χ0) is 17.4. The van der Waals surface area contributed by atoms with E-state index in [1.165, 1.54) is 12.1 Å². The lowest BCUT2D eigenvalue weighted by Gasteiger charge is -2.18. The summed E-state index contributed by atoms with van der Waals surface area (Å²) in [6.07, 6.45) is 3.38. The monoisotopic (exact) mass is 354 g/mol. The Balaban J connectivity index is 1.94. The van der Waals surface area contributed by atoms with Gasteiger partial charge in [0.1, 0.15) is 5.75 Å². The van der Waals surface area contributed by atoms with E-state index in [-0.39, 0.29) is 5.75 Å². The van der Waals surface area contributed by atoms with Crippen LogP contribution >= 0.6 is 0 Å². The fraction of sp³-hybridized carbons (Fsp3) is 0.176. The van der Waals surface area contributed by atoms with E-state index >= 15 is 0 Å². The molecule has 2 aromatic carbocycles. The van der Waals surface area contributed by atoms with Crippen LogP contribution in [0.3, 0.4) is 0 Å². The van der Waals surface area contributed by atoms with Crippen LogP contribution in [0.1, 0.15) is 23.1 Å². The van der Waals surface area contributed by atoms with E-state index in [9.17, 15) is 21.6 Å². The Kier molecular flexibility index (Phi) is 4.13. The van der Waals surface area contributed by atoms with Crippen LogP contribution in [0, 0.1) is 0 Å². The standard InChI is InChI=1S/C17H13F3O3S/c18-17(19,20)24(21,22)23-16-9-8-13-6-7-14(10-15(13)11-16)12-4-2-1-3-5-12/h1-5,8-11H,6-7H2. The first kappa shape index (κ1) is 16.6. The van der Waals surface area contributed by atoms with Gasteiger partial charge in [0.05, 0.1) is 0 Å². The molecular weight excluding hydrogens is 341 g/mol. The maximum Gasteiger partial charge on any atom is 0.534 e. The second kappa shape index (κ2) is 5.98. The molecule has 0 heterocycles. The predicted octanol–water partition coefficient (Wildman–Crippen LogP) is 4.40. The van der Waals surface area contributed by atoms with Crippen LogP contribution in [0.4, 0.5) is 13.2 Å². The average molecular weight is 354 g/mol. The Labute approximate surface area is 137 Å². The fourth-order valence-electron chi connectivity index (χ4n) is 2.57. The number of aryl methyl sites for hydroxylation is 1. The summed E-state index contributed by atoms with van der Waals surface area (Å²) in [5.41, 5.74) is -1.79. The van der Waals surface area contributed by atoms with Crippen molar-refractivity contribution in [1.29, 1.82) is 0 Å². The molecule has 1 aliphatic carbocycles. The van der Waals surface area contributed by atoms with Crippen molar-refractivity contribution in [2.45, 2.75) is 18.3 Å². The van der Waals surface area contributed by atoms with Crippen molar-refractivity contribution in [2.24, 2.45) is 0 Å². The minimum atomic E-state index is -5.66. The molecule has 0 saturated heterocycles. The number of benzene rings is 2. The minimum absolute atomic E-state index is 0.350. The van der Waals surface area contributed by atoms with Crippen molar-refractivity contribution in [3.8, 4) is 5.75 Å². The van der Waals surface area contributed by atoms with Crippen molar-refractivity contribution in [2.75, 3.05) is 0 Å². The number of alkyl halides is 3. The predicted molar refractivity (Wildman–Crippen MR) is 84.7 cm³/mol. The van der Waals surface area contributed by atoms with Gasteiger partial charge in [-0.05, 0) is 47.2 Å². The molecule has 0 spiro atoms. The van der Waals surface area contributed by atoms with Crippen LogP contribution in [0.15, 0.2) is 48.5 Å². The first-order chi connectivity index (χ1) is 11.3. The number of hydrogen-bond donors (Lipinski definition) is 0. The van der Waals surface area contributed by atoms with Crippen LogP contribution in [-0.4, -0.2) is 13.9 Å². The van der Waals surface area contributed by atoms with Crippen LogP contribution < -0.4 is 4.18 Å². The first-order valence-corrected chi connectivity index (χ1v) is 8.57. The van der Waals surface area contributed by atoms with E-state index in [0.717, 1.165) is 29.5 Å². The van der Waals surface area contributed by atoms with Crippen molar-refractivity contribution in [1.82, 2.24) is 0 Å². The summed E-state index contributed by atoms with van der Waals surface area (Å²) in [5.74, 6) is -0.350. The van der Waals surface area contributed by atoms with Gasteiger partial charge >= 0.3 is 15.6 Å². The van der Waals surface area contributed by atoms with E-state index in [1.807, 2.05) is 36.4 Å². The third-order valence-electron chi connectivity index (χ3n) is 3.74. The Morgan fingerprint density at radius 3 is 2.33 bits per heavy atom. The number of halogens is 3. The Morgan fingerprint density at radius 2 is 1.67 bits per heavy atom. The van der Waals surface area contributed by atoms with E-state index in [2.05, 4.69) is 4.18 Å². The van der Waals surface area contributed by atoms with Gasteiger partial charge in [0.15, 0.2) is 0 Å². The lowest BCUT2D eigenvalue weighted by molar-refractivity contribution is -0.0500. The number of fused-ring (bicyclic) bond motifs is 1. The molecule has 3 rings (SSSR count). The average Bonchev–Trinajstić information content (AvgIpc) is 2.53. The molecule has 126 valence electrons. The summed E-state index contributed by atoms with van der Waals surface area (Å²) in [6.45, 7) is 0. The quantitative estimate of drug-likeness (QED) is 0.606. The highest BCUT2D eigenvalue weighted by Crippen LogP contribution is 2.34. The Hall–Kier alpha value is -2.28. The third-order valence-corrected chi connectivity index (χ3v) is 4.72. The highest BCUT2D eigenvalue weighted by molar-refractivity contribution is 7.88. The fourth-order valence-corrected chi connectivity index (χ4v) is 3.02. The summed E-state index contributed by atoms with van der Waals surface area (Å²) < 4.78 is 63.7. The van der Waals surface area contributed by atoms with Crippen LogP contribution in [-0.2, 0) is 16.5 Å². The second-order valence-electron chi connectivity index (χ2n) is 5.38. The molecule has 0 saturated carbocycles. The van der Waals surface area contributed by atoms with Crippen LogP contribution in [0.2, 0.25) is 0 Å². The molecule has 2 aromatic rings. The number of hydrogen-bond acceptors (Lipinski definition) is 3. The molecule has 7 heteroatoms. The largest absolute Gasteiger partial charge is 0.534 e. The van der Waals surface area contributed by atoms with Gasteiger partial charge < -0.3 is 4.18 Å². The molecular formula is C17H13F3O3S. The molecule has 3 nitrogen and oxygen atoms in total. The lowest BCUT2D eigenvalue weighted by atomic mass is 9.89. The number of rotatable bonds is 3. The topological polar surface area (TPSA) is 43.4 Å². The van der Waals surface area contributed by atoms with Crippen molar-refractivity contribution >= 4 is 21.8 Å².